The van der Waals surface area contributed by atoms with Crippen LogP contribution in [0.15, 0.2) is 30.3 Å². The highest BCUT2D eigenvalue weighted by atomic mass is 16.5. The van der Waals surface area contributed by atoms with E-state index in [1.165, 1.54) is 0 Å². The van der Waals surface area contributed by atoms with Crippen LogP contribution in [0.4, 0.5) is 5.95 Å². The Kier molecular flexibility index (Phi) is 5.14. The highest BCUT2D eigenvalue weighted by Crippen LogP contribution is 2.30. The van der Waals surface area contributed by atoms with Gasteiger partial charge in [0.25, 0.3) is 0 Å². The first kappa shape index (κ1) is 15.3. The third-order valence-electron chi connectivity index (χ3n) is 2.91. The van der Waals surface area contributed by atoms with Crippen LogP contribution >= 0.6 is 0 Å². The van der Waals surface area contributed by atoms with Gasteiger partial charge in [-0.05, 0) is 45.4 Å². The molecule has 0 radical (unpaired) electrons. The fourth-order valence-corrected chi connectivity index (χ4v) is 2.06. The zero-order chi connectivity index (χ0) is 15.2. The van der Waals surface area contributed by atoms with E-state index in [1.54, 1.807) is 0 Å². The Morgan fingerprint density at radius 2 is 1.95 bits per heavy atom. The van der Waals surface area contributed by atoms with Crippen molar-refractivity contribution in [3.8, 4) is 17.0 Å². The molecular formula is C17H23N3O. The molecule has 0 unspecified atom stereocenters. The largest absolute Gasteiger partial charge is 0.490 e. The van der Waals surface area contributed by atoms with Crippen molar-refractivity contribution in [3.05, 3.63) is 36.0 Å². The summed E-state index contributed by atoms with van der Waals surface area (Å²) >= 11 is 0. The molecule has 0 fully saturated rings. The molecule has 0 saturated carbocycles. The summed E-state index contributed by atoms with van der Waals surface area (Å²) in [5, 5.41) is 3.24. The second kappa shape index (κ2) is 7.07. The first-order valence-corrected chi connectivity index (χ1v) is 7.45. The van der Waals surface area contributed by atoms with Crippen molar-refractivity contribution in [2.75, 3.05) is 11.9 Å². The van der Waals surface area contributed by atoms with Gasteiger partial charge in [0, 0.05) is 17.8 Å². The van der Waals surface area contributed by atoms with Crippen LogP contribution in [-0.4, -0.2) is 22.6 Å². The van der Waals surface area contributed by atoms with Crippen LogP contribution in [0.2, 0.25) is 0 Å². The predicted octanol–water partition coefficient (Wildman–Crippen LogP) is 4.06. The number of rotatable bonds is 6. The van der Waals surface area contributed by atoms with Crippen LogP contribution in [0, 0.1) is 6.92 Å². The van der Waals surface area contributed by atoms with Crippen molar-refractivity contribution in [2.24, 2.45) is 0 Å². The summed E-state index contributed by atoms with van der Waals surface area (Å²) in [6, 6.07) is 9.97. The lowest BCUT2D eigenvalue weighted by Gasteiger charge is -2.14. The van der Waals surface area contributed by atoms with E-state index in [4.69, 9.17) is 4.74 Å². The smallest absolute Gasteiger partial charge is 0.223 e. The van der Waals surface area contributed by atoms with E-state index in [9.17, 15) is 0 Å². The van der Waals surface area contributed by atoms with E-state index in [2.05, 4.69) is 22.2 Å². The van der Waals surface area contributed by atoms with Gasteiger partial charge in [0.1, 0.15) is 5.75 Å². The average molecular weight is 285 g/mol. The van der Waals surface area contributed by atoms with Gasteiger partial charge < -0.3 is 10.1 Å². The monoisotopic (exact) mass is 285 g/mol. The summed E-state index contributed by atoms with van der Waals surface area (Å²) in [4.78, 5) is 9.03. The third-order valence-corrected chi connectivity index (χ3v) is 2.91. The van der Waals surface area contributed by atoms with Gasteiger partial charge in [-0.1, -0.05) is 19.1 Å². The highest BCUT2D eigenvalue weighted by Gasteiger charge is 2.10. The van der Waals surface area contributed by atoms with Crippen molar-refractivity contribution in [3.63, 3.8) is 0 Å². The minimum atomic E-state index is 0.131. The molecule has 1 aromatic carbocycles. The predicted molar refractivity (Wildman–Crippen MR) is 86.7 cm³/mol. The van der Waals surface area contributed by atoms with Crippen molar-refractivity contribution >= 4 is 5.95 Å². The van der Waals surface area contributed by atoms with Crippen LogP contribution in [0.25, 0.3) is 11.3 Å². The van der Waals surface area contributed by atoms with Gasteiger partial charge in [-0.15, -0.1) is 0 Å². The topological polar surface area (TPSA) is 47.0 Å². The molecule has 0 aliphatic rings. The standard InChI is InChI=1S/C17H23N3O/c1-5-10-18-17-19-13(4)11-15(20-17)14-8-6-7-9-16(14)21-12(2)3/h6-9,11-12H,5,10H2,1-4H3,(H,18,19,20). The van der Waals surface area contributed by atoms with E-state index in [0.29, 0.717) is 5.95 Å². The molecule has 1 N–H and O–H groups in total. The summed E-state index contributed by atoms with van der Waals surface area (Å²) in [6.45, 7) is 9.02. The van der Waals surface area contributed by atoms with Gasteiger partial charge in [-0.25, -0.2) is 9.97 Å². The number of hydrogen-bond acceptors (Lipinski definition) is 4. The Morgan fingerprint density at radius 1 is 1.19 bits per heavy atom. The molecule has 0 amide bonds. The van der Waals surface area contributed by atoms with E-state index >= 15 is 0 Å². The maximum absolute atomic E-state index is 5.88. The molecule has 112 valence electrons. The summed E-state index contributed by atoms with van der Waals surface area (Å²) < 4.78 is 5.88. The molecule has 4 nitrogen and oxygen atoms in total. The number of para-hydroxylation sites is 1. The third kappa shape index (κ3) is 4.18. The normalized spacial score (nSPS) is 10.7. The SMILES string of the molecule is CCCNc1nc(C)cc(-c2ccccc2OC(C)C)n1. The molecule has 21 heavy (non-hydrogen) atoms. The lowest BCUT2D eigenvalue weighted by Crippen LogP contribution is -2.08. The van der Waals surface area contributed by atoms with Crippen LogP contribution in [0.3, 0.4) is 0 Å². The quantitative estimate of drug-likeness (QED) is 0.869. The number of hydrogen-bond donors (Lipinski definition) is 1. The molecule has 0 aliphatic carbocycles. The Bertz CT molecular complexity index is 596. The number of aromatic nitrogens is 2. The summed E-state index contributed by atoms with van der Waals surface area (Å²) in [6.07, 6.45) is 1.17. The molecule has 4 heteroatoms. The number of ether oxygens (including phenoxy) is 1. The maximum Gasteiger partial charge on any atom is 0.223 e. The Balaban J connectivity index is 2.39. The molecule has 0 saturated heterocycles. The molecule has 0 spiro atoms. The van der Waals surface area contributed by atoms with Crippen LogP contribution in [-0.2, 0) is 0 Å². The fourth-order valence-electron chi connectivity index (χ4n) is 2.06. The second-order valence-electron chi connectivity index (χ2n) is 5.31. The van der Waals surface area contributed by atoms with E-state index in [0.717, 1.165) is 35.7 Å². The lowest BCUT2D eigenvalue weighted by atomic mass is 10.1. The summed E-state index contributed by atoms with van der Waals surface area (Å²) in [7, 11) is 0. The average Bonchev–Trinajstić information content (AvgIpc) is 2.44. The highest BCUT2D eigenvalue weighted by molar-refractivity contribution is 5.68. The van der Waals surface area contributed by atoms with Gasteiger partial charge in [0.2, 0.25) is 5.95 Å². The van der Waals surface area contributed by atoms with Crippen molar-refractivity contribution in [1.82, 2.24) is 9.97 Å². The summed E-state index contributed by atoms with van der Waals surface area (Å²) in [5.41, 5.74) is 2.83. The lowest BCUT2D eigenvalue weighted by molar-refractivity contribution is 0.243. The van der Waals surface area contributed by atoms with Gasteiger partial charge >= 0.3 is 0 Å². The molecule has 2 rings (SSSR count). The van der Waals surface area contributed by atoms with Crippen LogP contribution < -0.4 is 10.1 Å². The van der Waals surface area contributed by atoms with E-state index < -0.39 is 0 Å². The van der Waals surface area contributed by atoms with Gasteiger partial charge in [0.15, 0.2) is 0 Å². The molecule has 2 aromatic rings. The molecule has 1 aromatic heterocycles. The first-order valence-electron chi connectivity index (χ1n) is 7.45. The van der Waals surface area contributed by atoms with Crippen molar-refractivity contribution < 1.29 is 4.74 Å². The Labute approximate surface area is 126 Å². The molecule has 0 aliphatic heterocycles. The zero-order valence-electron chi connectivity index (χ0n) is 13.2. The van der Waals surface area contributed by atoms with Crippen LogP contribution in [0.1, 0.15) is 32.9 Å². The van der Waals surface area contributed by atoms with E-state index in [1.807, 2.05) is 51.1 Å². The number of anilines is 1. The molecule has 0 atom stereocenters. The van der Waals surface area contributed by atoms with Crippen molar-refractivity contribution in [1.29, 1.82) is 0 Å². The number of aryl methyl sites for hydroxylation is 1. The molecule has 1 heterocycles. The first-order chi connectivity index (χ1) is 10.1. The summed E-state index contributed by atoms with van der Waals surface area (Å²) in [5.74, 6) is 1.53. The van der Waals surface area contributed by atoms with Crippen LogP contribution in [0.5, 0.6) is 5.75 Å². The molecular weight excluding hydrogens is 262 g/mol. The Hall–Kier alpha value is -2.10. The molecule has 0 bridgehead atoms. The number of nitrogens with one attached hydrogen (secondary N) is 1. The Morgan fingerprint density at radius 3 is 2.67 bits per heavy atom. The number of benzene rings is 1. The van der Waals surface area contributed by atoms with Crippen molar-refractivity contribution in [2.45, 2.75) is 40.2 Å². The second-order valence-corrected chi connectivity index (χ2v) is 5.31. The van der Waals surface area contributed by atoms with Gasteiger partial charge in [-0.2, -0.15) is 0 Å². The minimum Gasteiger partial charge on any atom is -0.490 e. The van der Waals surface area contributed by atoms with E-state index in [-0.39, 0.29) is 6.10 Å². The number of nitrogens with zero attached hydrogens (tertiary/aromatic N) is 2. The zero-order valence-corrected chi connectivity index (χ0v) is 13.2. The van der Waals surface area contributed by atoms with Gasteiger partial charge in [-0.3, -0.25) is 0 Å². The maximum atomic E-state index is 5.88. The van der Waals surface area contributed by atoms with Gasteiger partial charge in [0.05, 0.1) is 11.8 Å². The minimum absolute atomic E-state index is 0.131. The fraction of sp³-hybridized carbons (Fsp3) is 0.412.